The van der Waals surface area contributed by atoms with E-state index >= 15 is 0 Å². The predicted molar refractivity (Wildman–Crippen MR) is 164 cm³/mol. The van der Waals surface area contributed by atoms with Gasteiger partial charge in [0.2, 0.25) is 0 Å². The number of carboxylic acids is 1. The van der Waals surface area contributed by atoms with Gasteiger partial charge in [-0.15, -0.1) is 0 Å². The summed E-state index contributed by atoms with van der Waals surface area (Å²) in [6, 6.07) is 3.48. The van der Waals surface area contributed by atoms with Crippen LogP contribution < -0.4 is 15.4 Å². The van der Waals surface area contributed by atoms with Gasteiger partial charge in [-0.1, -0.05) is 6.92 Å². The largest absolute Gasteiger partial charge is 0.488 e. The molecule has 3 aromatic rings. The zero-order valence-electron chi connectivity index (χ0n) is 27.6. The number of benzene rings is 2. The molecule has 3 N–H and O–H groups in total. The van der Waals surface area contributed by atoms with Crippen molar-refractivity contribution < 1.29 is 68.4 Å². The molecule has 10 nitrogen and oxygen atoms in total. The third-order valence-corrected chi connectivity index (χ3v) is 8.25. The molecule has 2 heterocycles. The van der Waals surface area contributed by atoms with Crippen LogP contribution in [-0.2, 0) is 39.2 Å². The number of carbonyl (C=O) groups excluding carboxylic acids is 1. The Morgan fingerprint density at radius 3 is 2.13 bits per heavy atom. The topological polar surface area (TPSA) is 137 Å². The maximum absolute atomic E-state index is 14.0. The van der Waals surface area contributed by atoms with Crippen LogP contribution in [0.4, 0.5) is 50.0 Å². The van der Waals surface area contributed by atoms with Crippen molar-refractivity contribution in [1.29, 1.82) is 0 Å². The lowest BCUT2D eigenvalue weighted by Gasteiger charge is -2.46. The Hall–Kier alpha value is -4.65. The van der Waals surface area contributed by atoms with Gasteiger partial charge in [0.25, 0.3) is 0 Å². The summed E-state index contributed by atoms with van der Waals surface area (Å²) in [5.74, 6) is -2.70. The van der Waals surface area contributed by atoms with Crippen molar-refractivity contribution >= 4 is 17.7 Å². The number of aromatic nitrogens is 2. The Morgan fingerprint density at radius 2 is 1.58 bits per heavy atom. The van der Waals surface area contributed by atoms with Crippen LogP contribution in [0.1, 0.15) is 77.9 Å². The highest BCUT2D eigenvalue weighted by Gasteiger charge is 2.47. The van der Waals surface area contributed by atoms with Crippen LogP contribution in [0.5, 0.6) is 5.75 Å². The highest BCUT2D eigenvalue weighted by Crippen LogP contribution is 2.48. The molecule has 0 spiro atoms. The summed E-state index contributed by atoms with van der Waals surface area (Å²) in [6.45, 7) is 1.13. The molecule has 1 aliphatic heterocycles. The van der Waals surface area contributed by atoms with Crippen LogP contribution in [0.3, 0.4) is 0 Å². The summed E-state index contributed by atoms with van der Waals surface area (Å²) >= 11 is 0. The minimum atomic E-state index is -5.14. The zero-order chi connectivity index (χ0) is 38.6. The minimum Gasteiger partial charge on any atom is -0.488 e. The Morgan fingerprint density at radius 1 is 0.942 bits per heavy atom. The zero-order valence-corrected chi connectivity index (χ0v) is 27.6. The summed E-state index contributed by atoms with van der Waals surface area (Å²) in [7, 11) is 1.35. The number of halogens is 9. The number of hydrogen-bond acceptors (Lipinski definition) is 8. The molecule has 2 atom stereocenters. The molecule has 19 heteroatoms. The Labute approximate surface area is 290 Å². The van der Waals surface area contributed by atoms with Crippen LogP contribution in [0, 0.1) is 0 Å². The highest BCUT2D eigenvalue weighted by atomic mass is 19.4. The number of carbonyl (C=O) groups is 2. The first-order valence-electron chi connectivity index (χ1n) is 15.6. The van der Waals surface area contributed by atoms with E-state index < -0.39 is 70.8 Å². The number of amides is 1. The molecule has 52 heavy (non-hydrogen) atoms. The molecule has 284 valence electrons. The molecule has 2 aromatic carbocycles. The first-order valence-corrected chi connectivity index (χ1v) is 15.6. The second-order valence-corrected chi connectivity index (χ2v) is 11.9. The fraction of sp³-hybridized carbons (Fsp3) is 0.455. The van der Waals surface area contributed by atoms with E-state index in [0.29, 0.717) is 18.2 Å². The summed E-state index contributed by atoms with van der Waals surface area (Å²) in [4.78, 5) is 33.9. The molecule has 0 saturated heterocycles. The van der Waals surface area contributed by atoms with Crippen molar-refractivity contribution in [3.8, 4) is 5.75 Å². The number of ether oxygens (including phenoxy) is 3. The van der Waals surface area contributed by atoms with E-state index in [2.05, 4.69) is 9.97 Å². The van der Waals surface area contributed by atoms with E-state index in [9.17, 15) is 49.1 Å². The summed E-state index contributed by atoms with van der Waals surface area (Å²) in [5.41, 5.74) is -0.0914. The normalized spacial score (nSPS) is 17.8. The number of methoxy groups -OCH3 is 1. The Balaban J connectivity index is 1.87. The number of nitrogens with zero attached hydrogens (tertiary/aromatic N) is 3. The van der Waals surface area contributed by atoms with Gasteiger partial charge in [0.05, 0.1) is 47.5 Å². The maximum atomic E-state index is 14.0. The third-order valence-electron chi connectivity index (χ3n) is 8.25. The van der Waals surface area contributed by atoms with Crippen molar-refractivity contribution in [2.24, 2.45) is 5.73 Å². The van der Waals surface area contributed by atoms with Gasteiger partial charge in [-0.05, 0) is 66.8 Å². The molecule has 0 saturated carbocycles. The lowest BCUT2D eigenvalue weighted by molar-refractivity contribution is -0.143. The monoisotopic (exact) mass is 752 g/mol. The molecular weight excluding hydrogens is 719 g/mol. The highest BCUT2D eigenvalue weighted by molar-refractivity contribution is 5.91. The molecule has 0 unspecified atom stereocenters. The van der Waals surface area contributed by atoms with Gasteiger partial charge in [-0.2, -0.15) is 39.5 Å². The van der Waals surface area contributed by atoms with E-state index in [1.807, 2.05) is 0 Å². The fourth-order valence-corrected chi connectivity index (χ4v) is 5.65. The van der Waals surface area contributed by atoms with Gasteiger partial charge in [-0.25, -0.2) is 14.8 Å². The number of hydrogen-bond donors (Lipinski definition) is 2. The van der Waals surface area contributed by atoms with Crippen molar-refractivity contribution in [2.75, 3.05) is 31.8 Å². The molecule has 1 aliphatic rings. The quantitative estimate of drug-likeness (QED) is 0.142. The summed E-state index contributed by atoms with van der Waals surface area (Å²) < 4.78 is 140. The number of fused-ring (bicyclic) bond motifs is 1. The first-order chi connectivity index (χ1) is 24.2. The molecule has 0 aliphatic carbocycles. The van der Waals surface area contributed by atoms with Crippen LogP contribution in [0.15, 0.2) is 42.6 Å². The number of nitrogens with two attached hydrogens (primary N) is 1. The van der Waals surface area contributed by atoms with Crippen LogP contribution >= 0.6 is 0 Å². The van der Waals surface area contributed by atoms with Gasteiger partial charge in [-0.3, -0.25) is 9.69 Å². The number of carboxylic acid groups (broad SMARTS) is 1. The van der Waals surface area contributed by atoms with Gasteiger partial charge >= 0.3 is 30.6 Å². The van der Waals surface area contributed by atoms with Gasteiger partial charge in [0.15, 0.2) is 5.75 Å². The molecule has 4 rings (SSSR count). The van der Waals surface area contributed by atoms with Crippen molar-refractivity contribution in [2.45, 2.75) is 69.1 Å². The molecule has 0 bridgehead atoms. The maximum Gasteiger partial charge on any atom is 0.416 e. The smallest absolute Gasteiger partial charge is 0.416 e. The Kier molecular flexibility index (Phi) is 12.0. The molecular formula is C33H33F9N4O6. The number of alkyl halides is 9. The van der Waals surface area contributed by atoms with Gasteiger partial charge < -0.3 is 25.1 Å². The molecule has 0 fully saturated rings. The standard InChI is InChI=1S/C33H33F9N4O6/c1-3-30(43)16-23(22-15-19(31(34,35)36)6-7-25(22)46(30)29(49)52-8-4-5-27(47)48)28-44-17-26(51-10-9-50-2)24(45-28)13-18-11-20(32(37,38)39)14-21(12-18)33(40,41)42/h6-7,11-12,14-15,17,23H,3-5,8-10,13,16,43H2,1-2H3,(H,47,48)/t23-,30+/m0/s1. The van der Waals surface area contributed by atoms with E-state index in [1.165, 1.54) is 7.11 Å². The Bertz CT molecular complexity index is 1730. The number of anilines is 1. The number of rotatable bonds is 12. The number of aliphatic carboxylic acids is 1. The van der Waals surface area contributed by atoms with E-state index in [0.717, 1.165) is 23.2 Å². The van der Waals surface area contributed by atoms with E-state index in [-0.39, 0.29) is 80.1 Å². The SMILES string of the molecule is CC[C@]1(N)C[C@H](c2ncc(OCCOC)c(Cc3cc(C(F)(F)F)cc(C(F)(F)F)c3)n2)c2cc(C(F)(F)F)ccc2N1C(=O)OCCCC(=O)O. The van der Waals surface area contributed by atoms with Crippen molar-refractivity contribution in [3.63, 3.8) is 0 Å². The van der Waals surface area contributed by atoms with E-state index in [4.69, 9.17) is 25.1 Å². The van der Waals surface area contributed by atoms with Crippen molar-refractivity contribution in [3.05, 3.63) is 81.9 Å². The molecule has 1 aromatic heterocycles. The third kappa shape index (κ3) is 9.41. The summed E-state index contributed by atoms with van der Waals surface area (Å²) in [6.07, 6.45) is -16.5. The van der Waals surface area contributed by atoms with Gasteiger partial charge in [0, 0.05) is 25.9 Å². The minimum absolute atomic E-state index is 0.00368. The fourth-order valence-electron chi connectivity index (χ4n) is 5.65. The summed E-state index contributed by atoms with van der Waals surface area (Å²) in [5, 5.41) is 8.89. The van der Waals surface area contributed by atoms with Crippen LogP contribution in [0.2, 0.25) is 0 Å². The van der Waals surface area contributed by atoms with Gasteiger partial charge in [0.1, 0.15) is 18.1 Å². The van der Waals surface area contributed by atoms with Crippen LogP contribution in [0.25, 0.3) is 0 Å². The van der Waals surface area contributed by atoms with E-state index in [1.54, 1.807) is 6.92 Å². The second-order valence-electron chi connectivity index (χ2n) is 11.9. The average Bonchev–Trinajstić information content (AvgIpc) is 3.05. The lowest BCUT2D eigenvalue weighted by atomic mass is 9.80. The molecule has 1 amide bonds. The van der Waals surface area contributed by atoms with Crippen molar-refractivity contribution in [1.82, 2.24) is 9.97 Å². The van der Waals surface area contributed by atoms with Crippen LogP contribution in [-0.4, -0.2) is 59.7 Å². The first kappa shape index (κ1) is 40.1. The second kappa shape index (κ2) is 15.5. The molecule has 0 radical (unpaired) electrons. The lowest BCUT2D eigenvalue weighted by Crippen LogP contribution is -2.61. The average molecular weight is 753 g/mol. The predicted octanol–water partition coefficient (Wildman–Crippen LogP) is 7.56.